The first-order valence-corrected chi connectivity index (χ1v) is 8.89. The van der Waals surface area contributed by atoms with E-state index in [9.17, 15) is 4.79 Å². The van der Waals surface area contributed by atoms with E-state index >= 15 is 0 Å². The molecule has 0 aromatic heterocycles. The molecule has 2 fully saturated rings. The molecule has 2 aliphatic rings. The molecule has 2 rings (SSSR count). The quantitative estimate of drug-likeness (QED) is 0.610. The molecule has 0 N–H and O–H groups in total. The van der Waals surface area contributed by atoms with E-state index < -0.39 is 0 Å². The minimum Gasteiger partial charge on any atom is -0.299 e. The Bertz CT molecular complexity index is 361. The van der Waals surface area contributed by atoms with Crippen LogP contribution in [0.2, 0.25) is 0 Å². The fraction of sp³-hybridized carbons (Fsp3) is 0.947. The molecule has 0 aliphatic heterocycles. The normalized spacial score (nSPS) is 45.2. The van der Waals surface area contributed by atoms with Crippen LogP contribution in [0.25, 0.3) is 0 Å². The van der Waals surface area contributed by atoms with Gasteiger partial charge in [-0.15, -0.1) is 0 Å². The Kier molecular flexibility index (Phi) is 4.66. The summed E-state index contributed by atoms with van der Waals surface area (Å²) < 4.78 is 0. The fourth-order valence-corrected chi connectivity index (χ4v) is 5.35. The number of hydrogen-bond donors (Lipinski definition) is 0. The summed E-state index contributed by atoms with van der Waals surface area (Å²) in [5.41, 5.74) is 0.722. The first-order valence-electron chi connectivity index (χ1n) is 8.89. The largest absolute Gasteiger partial charge is 0.299 e. The van der Waals surface area contributed by atoms with Crippen LogP contribution in [0.1, 0.15) is 86.0 Å². The van der Waals surface area contributed by atoms with Gasteiger partial charge in [0.25, 0.3) is 0 Å². The number of unbranched alkanes of at least 4 members (excludes halogenated alkanes) is 2. The molecule has 0 spiro atoms. The molecule has 0 saturated heterocycles. The lowest BCUT2D eigenvalue weighted by molar-refractivity contribution is -0.148. The van der Waals surface area contributed by atoms with Crippen LogP contribution in [0, 0.1) is 28.6 Å². The SMILES string of the molecule is CCCCC[C@@]1(C)[C@@H]2CCC(=O)[C@H](C)[C@@]2(C)CC[C@@H]1C. The van der Waals surface area contributed by atoms with Gasteiger partial charge in [-0.25, -0.2) is 0 Å². The maximum atomic E-state index is 12.2. The molecular weight excluding hydrogens is 244 g/mol. The average Bonchev–Trinajstić information content (AvgIpc) is 2.41. The number of carbonyl (C=O) groups is 1. The topological polar surface area (TPSA) is 17.1 Å². The number of hydrogen-bond acceptors (Lipinski definition) is 1. The van der Waals surface area contributed by atoms with E-state index in [1.807, 2.05) is 0 Å². The van der Waals surface area contributed by atoms with Gasteiger partial charge in [-0.3, -0.25) is 4.79 Å². The summed E-state index contributed by atoms with van der Waals surface area (Å²) in [6.45, 7) is 11.9. The number of rotatable bonds is 4. The second-order valence-electron chi connectivity index (χ2n) is 8.19. The molecular formula is C19H34O. The van der Waals surface area contributed by atoms with Crippen LogP contribution in [0.3, 0.4) is 0 Å². The third kappa shape index (κ3) is 2.46. The summed E-state index contributed by atoms with van der Waals surface area (Å²) in [4.78, 5) is 12.2. The van der Waals surface area contributed by atoms with Gasteiger partial charge in [-0.05, 0) is 48.3 Å². The third-order valence-electron chi connectivity index (χ3n) is 7.30. The van der Waals surface area contributed by atoms with E-state index in [-0.39, 0.29) is 11.3 Å². The van der Waals surface area contributed by atoms with Crippen LogP contribution in [0.5, 0.6) is 0 Å². The van der Waals surface area contributed by atoms with Crippen LogP contribution < -0.4 is 0 Å². The van der Waals surface area contributed by atoms with Gasteiger partial charge in [0.05, 0.1) is 0 Å². The molecule has 2 aliphatic carbocycles. The van der Waals surface area contributed by atoms with Gasteiger partial charge in [-0.2, -0.15) is 0 Å². The molecule has 2 saturated carbocycles. The first kappa shape index (κ1) is 16.0. The summed E-state index contributed by atoms with van der Waals surface area (Å²) >= 11 is 0. The molecule has 5 atom stereocenters. The molecule has 1 heteroatoms. The van der Waals surface area contributed by atoms with Crippen molar-refractivity contribution in [1.29, 1.82) is 0 Å². The maximum absolute atomic E-state index is 12.2. The Labute approximate surface area is 125 Å². The molecule has 0 amide bonds. The van der Waals surface area contributed by atoms with E-state index in [0.29, 0.717) is 11.2 Å². The summed E-state index contributed by atoms with van der Waals surface area (Å²) in [5, 5.41) is 0. The maximum Gasteiger partial charge on any atom is 0.136 e. The number of fused-ring (bicyclic) bond motifs is 1. The Morgan fingerprint density at radius 1 is 1.15 bits per heavy atom. The number of carbonyl (C=O) groups excluding carboxylic acids is 1. The Morgan fingerprint density at radius 2 is 1.85 bits per heavy atom. The highest BCUT2D eigenvalue weighted by Crippen LogP contribution is 2.62. The van der Waals surface area contributed by atoms with Crippen LogP contribution in [-0.4, -0.2) is 5.78 Å². The van der Waals surface area contributed by atoms with E-state index in [4.69, 9.17) is 0 Å². The standard InChI is InChI=1S/C19H34O/c1-6-7-8-12-18(4)14(2)11-13-19(5)15(3)16(20)9-10-17(18)19/h14-15,17H,6-13H2,1-5H3/t14-,15-,17-,18+,19+/m0/s1. The van der Waals surface area contributed by atoms with Crippen molar-refractivity contribution >= 4 is 5.78 Å². The van der Waals surface area contributed by atoms with Crippen LogP contribution in [0.15, 0.2) is 0 Å². The van der Waals surface area contributed by atoms with Gasteiger partial charge in [0.1, 0.15) is 5.78 Å². The van der Waals surface area contributed by atoms with E-state index in [0.717, 1.165) is 24.7 Å². The summed E-state index contributed by atoms with van der Waals surface area (Å²) in [6, 6.07) is 0. The zero-order chi connectivity index (χ0) is 15.0. The Hall–Kier alpha value is -0.330. The van der Waals surface area contributed by atoms with Crippen molar-refractivity contribution in [2.24, 2.45) is 28.6 Å². The molecule has 20 heavy (non-hydrogen) atoms. The van der Waals surface area contributed by atoms with Crippen molar-refractivity contribution in [3.8, 4) is 0 Å². The predicted octanol–water partition coefficient (Wildman–Crippen LogP) is 5.62. The van der Waals surface area contributed by atoms with Gasteiger partial charge in [0.2, 0.25) is 0 Å². The summed E-state index contributed by atoms with van der Waals surface area (Å²) in [6.07, 6.45) is 9.95. The van der Waals surface area contributed by atoms with E-state index in [2.05, 4.69) is 34.6 Å². The second kappa shape index (κ2) is 5.81. The van der Waals surface area contributed by atoms with Crippen molar-refractivity contribution in [1.82, 2.24) is 0 Å². The smallest absolute Gasteiger partial charge is 0.136 e. The van der Waals surface area contributed by atoms with Crippen LogP contribution in [0.4, 0.5) is 0 Å². The van der Waals surface area contributed by atoms with Crippen LogP contribution >= 0.6 is 0 Å². The summed E-state index contributed by atoms with van der Waals surface area (Å²) in [7, 11) is 0. The van der Waals surface area contributed by atoms with Crippen molar-refractivity contribution < 1.29 is 4.79 Å². The predicted molar refractivity (Wildman–Crippen MR) is 85.6 cm³/mol. The summed E-state index contributed by atoms with van der Waals surface area (Å²) in [5.74, 6) is 2.37. The molecule has 0 radical (unpaired) electrons. The highest BCUT2D eigenvalue weighted by molar-refractivity contribution is 5.82. The van der Waals surface area contributed by atoms with Gasteiger partial charge >= 0.3 is 0 Å². The number of ketones is 1. The minimum atomic E-state index is 0.267. The van der Waals surface area contributed by atoms with Crippen molar-refractivity contribution in [2.45, 2.75) is 86.0 Å². The molecule has 116 valence electrons. The fourth-order valence-electron chi connectivity index (χ4n) is 5.35. The Morgan fingerprint density at radius 3 is 2.50 bits per heavy atom. The zero-order valence-electron chi connectivity index (χ0n) is 14.3. The Balaban J connectivity index is 2.24. The van der Waals surface area contributed by atoms with Gasteiger partial charge < -0.3 is 0 Å². The van der Waals surface area contributed by atoms with Gasteiger partial charge in [0.15, 0.2) is 0 Å². The molecule has 0 heterocycles. The highest BCUT2D eigenvalue weighted by Gasteiger charge is 2.56. The van der Waals surface area contributed by atoms with E-state index in [1.165, 1.54) is 38.5 Å². The number of Topliss-reactive ketones (excluding diaryl/α,β-unsaturated/α-hetero) is 1. The highest BCUT2D eigenvalue weighted by atomic mass is 16.1. The lowest BCUT2D eigenvalue weighted by Crippen LogP contribution is -2.54. The third-order valence-corrected chi connectivity index (χ3v) is 7.30. The molecule has 0 aromatic carbocycles. The minimum absolute atomic E-state index is 0.267. The van der Waals surface area contributed by atoms with Crippen molar-refractivity contribution in [3.05, 3.63) is 0 Å². The van der Waals surface area contributed by atoms with Crippen molar-refractivity contribution in [3.63, 3.8) is 0 Å². The van der Waals surface area contributed by atoms with Gasteiger partial charge in [0, 0.05) is 12.3 Å². The molecule has 0 aromatic rings. The monoisotopic (exact) mass is 278 g/mol. The second-order valence-corrected chi connectivity index (χ2v) is 8.19. The molecule has 0 bridgehead atoms. The van der Waals surface area contributed by atoms with Crippen molar-refractivity contribution in [2.75, 3.05) is 0 Å². The van der Waals surface area contributed by atoms with Crippen LogP contribution in [-0.2, 0) is 4.79 Å². The first-order chi connectivity index (χ1) is 9.36. The molecule has 0 unspecified atom stereocenters. The molecule has 1 nitrogen and oxygen atoms in total. The zero-order valence-corrected chi connectivity index (χ0v) is 14.3. The van der Waals surface area contributed by atoms with Gasteiger partial charge in [-0.1, -0.05) is 53.9 Å². The average molecular weight is 278 g/mol. The lowest BCUT2D eigenvalue weighted by atomic mass is 9.44. The van der Waals surface area contributed by atoms with E-state index in [1.54, 1.807) is 0 Å². The lowest BCUT2D eigenvalue weighted by Gasteiger charge is -2.59.